The van der Waals surface area contributed by atoms with Gasteiger partial charge in [-0.15, -0.1) is 0 Å². The number of aliphatic imine (C=N–C) groups is 1. The number of nitrogens with one attached hydrogen (secondary N) is 2. The summed E-state index contributed by atoms with van der Waals surface area (Å²) in [7, 11) is -4.28. The predicted octanol–water partition coefficient (Wildman–Crippen LogP) is -0.432. The van der Waals surface area contributed by atoms with Crippen molar-refractivity contribution in [2.24, 2.45) is 14.8 Å². The third-order valence-corrected chi connectivity index (χ3v) is 7.61. The van der Waals surface area contributed by atoms with Gasteiger partial charge in [0.25, 0.3) is 0 Å². The molecule has 0 radical (unpaired) electrons. The maximum atomic E-state index is 10.8. The van der Waals surface area contributed by atoms with Crippen LogP contribution in [0.1, 0.15) is 56.1 Å². The molecule has 0 fully saturated rings. The van der Waals surface area contributed by atoms with Crippen LogP contribution in [-0.2, 0) is 11.3 Å². The highest BCUT2D eigenvalue weighted by atomic mass is 16.2. The van der Waals surface area contributed by atoms with Crippen LogP contribution in [0.5, 0.6) is 0 Å². The summed E-state index contributed by atoms with van der Waals surface area (Å²) in [6.07, 6.45) is 7.23. The van der Waals surface area contributed by atoms with Crippen LogP contribution in [0.3, 0.4) is 0 Å². The van der Waals surface area contributed by atoms with Gasteiger partial charge in [-0.1, -0.05) is 49.9 Å². The quantitative estimate of drug-likeness (QED) is 0.0339. The van der Waals surface area contributed by atoms with Gasteiger partial charge >= 0.3 is 42.7 Å². The van der Waals surface area contributed by atoms with Crippen molar-refractivity contribution in [3.8, 4) is 0 Å². The maximum absolute atomic E-state index is 10.8. The SMILES string of the molecule is CB(O)/N=C(\N(CCCCCCCCN/C(=N\BC=O)NB(C)O)B(C)O)N(Cc1ccc(C2=NCCCN2B(C)O)cc1)B(C)O. The summed E-state index contributed by atoms with van der Waals surface area (Å²) in [5.74, 6) is 1.48. The van der Waals surface area contributed by atoms with Crippen molar-refractivity contribution in [2.75, 3.05) is 26.2 Å². The molecular formula is C27H52B6N8O6. The largest absolute Gasteiger partial charge is 0.433 e. The van der Waals surface area contributed by atoms with Crippen molar-refractivity contribution in [3.05, 3.63) is 35.4 Å². The molecule has 0 spiro atoms. The van der Waals surface area contributed by atoms with E-state index in [1.54, 1.807) is 43.7 Å². The Morgan fingerprint density at radius 1 is 0.957 bits per heavy atom. The molecule has 1 aromatic rings. The first kappa shape index (κ1) is 40.3. The first-order valence-electron chi connectivity index (χ1n) is 16.8. The maximum Gasteiger partial charge on any atom is 0.431 e. The van der Waals surface area contributed by atoms with Crippen molar-refractivity contribution in [2.45, 2.75) is 85.6 Å². The highest BCUT2D eigenvalue weighted by Gasteiger charge is 2.30. The molecule has 254 valence electrons. The molecular weight excluding hydrogens is 597 g/mol. The number of carbonyl (C=O) groups excluding carboxylic acids is 1. The molecule has 0 saturated heterocycles. The van der Waals surface area contributed by atoms with Crippen LogP contribution < -0.4 is 10.5 Å². The zero-order valence-electron chi connectivity index (χ0n) is 28.8. The Hall–Kier alpha value is -2.91. The Kier molecular flexibility index (Phi) is 18.7. The predicted molar refractivity (Wildman–Crippen MR) is 198 cm³/mol. The van der Waals surface area contributed by atoms with E-state index in [0.29, 0.717) is 44.3 Å². The van der Waals surface area contributed by atoms with E-state index in [0.717, 1.165) is 68.5 Å². The standard InChI is InChI=1S/C27H52B6N8O6/c1-29(43)37-26(36-28-22-42)35-17-10-8-6-7-9-11-19-40(32(4)46)27(38-30(2)44)41(33(5)47)21-23-13-15-24(16-14-23)25-34-18-12-20-39(25)31(3)45/h13-16,22,28,43-47H,6-12,17-21H2,1-5H3,(H2,35,36,37)/b38-27+. The molecule has 0 aliphatic carbocycles. The first-order valence-corrected chi connectivity index (χ1v) is 16.8. The van der Waals surface area contributed by atoms with Crippen LogP contribution in [-0.4, -0.2) is 132 Å². The number of rotatable bonds is 19. The summed E-state index contributed by atoms with van der Waals surface area (Å²) >= 11 is 0. The number of guanidine groups is 2. The van der Waals surface area contributed by atoms with Crippen LogP contribution in [0.15, 0.2) is 39.1 Å². The van der Waals surface area contributed by atoms with Crippen LogP contribution in [0.2, 0.25) is 34.1 Å². The molecule has 0 atom stereocenters. The van der Waals surface area contributed by atoms with E-state index in [2.05, 4.69) is 25.3 Å². The van der Waals surface area contributed by atoms with Gasteiger partial charge in [-0.25, -0.2) is 0 Å². The normalized spacial score (nSPS) is 13.4. The molecule has 1 aliphatic rings. The lowest BCUT2D eigenvalue weighted by atomic mass is 9.80. The van der Waals surface area contributed by atoms with Crippen molar-refractivity contribution in [1.82, 2.24) is 25.0 Å². The average Bonchev–Trinajstić information content (AvgIpc) is 3.02. The van der Waals surface area contributed by atoms with Gasteiger partial charge in [0, 0.05) is 38.3 Å². The third-order valence-electron chi connectivity index (χ3n) is 7.61. The van der Waals surface area contributed by atoms with E-state index >= 15 is 0 Å². The summed E-state index contributed by atoms with van der Waals surface area (Å²) < 4.78 is 0. The minimum atomic E-state index is -1.04. The van der Waals surface area contributed by atoms with E-state index in [9.17, 15) is 29.9 Å². The van der Waals surface area contributed by atoms with Gasteiger partial charge in [0.05, 0.1) is 0 Å². The van der Waals surface area contributed by atoms with E-state index in [-0.39, 0.29) is 7.41 Å². The van der Waals surface area contributed by atoms with Gasteiger partial charge in [-0.05, 0) is 58.9 Å². The van der Waals surface area contributed by atoms with E-state index in [4.69, 9.17) is 0 Å². The number of unbranched alkanes of at least 4 members (excludes halogenated alkanes) is 5. The van der Waals surface area contributed by atoms with Crippen LogP contribution in [0, 0.1) is 0 Å². The van der Waals surface area contributed by atoms with Gasteiger partial charge in [0.15, 0.2) is 11.9 Å². The topological polar surface area (TPSA) is 189 Å². The smallest absolute Gasteiger partial charge is 0.431 e. The Bertz CT molecular complexity index is 1150. The van der Waals surface area contributed by atoms with Gasteiger partial charge in [-0.3, -0.25) is 9.90 Å². The number of carbonyl (C=O) groups is 1. The molecule has 20 heteroatoms. The Morgan fingerprint density at radius 2 is 1.60 bits per heavy atom. The number of amidine groups is 1. The minimum Gasteiger partial charge on any atom is -0.433 e. The molecule has 1 aromatic carbocycles. The lowest BCUT2D eigenvalue weighted by molar-refractivity contribution is 0.395. The molecule has 0 bridgehead atoms. The summed E-state index contributed by atoms with van der Waals surface area (Å²) in [5.41, 5.74) is 1.80. The second-order valence-corrected chi connectivity index (χ2v) is 12.0. The van der Waals surface area contributed by atoms with Crippen LogP contribution in [0.4, 0.5) is 0 Å². The molecule has 0 unspecified atom stereocenters. The zero-order chi connectivity index (χ0) is 34.8. The lowest BCUT2D eigenvalue weighted by Gasteiger charge is -2.37. The van der Waals surface area contributed by atoms with Gasteiger partial charge < -0.3 is 59.8 Å². The molecule has 2 rings (SSSR count). The van der Waals surface area contributed by atoms with Crippen molar-refractivity contribution in [3.63, 3.8) is 0 Å². The van der Waals surface area contributed by atoms with Gasteiger partial charge in [0.1, 0.15) is 12.0 Å². The molecule has 14 nitrogen and oxygen atoms in total. The minimum absolute atomic E-state index is 0.0261. The second-order valence-electron chi connectivity index (χ2n) is 12.0. The molecule has 0 aromatic heterocycles. The lowest BCUT2D eigenvalue weighted by Crippen LogP contribution is -2.55. The average molecular weight is 650 g/mol. The summed E-state index contributed by atoms with van der Waals surface area (Å²) in [4.78, 5) is 29.0. The highest BCUT2D eigenvalue weighted by molar-refractivity contribution is 6.66. The zero-order valence-corrected chi connectivity index (χ0v) is 28.8. The molecule has 0 saturated carbocycles. The van der Waals surface area contributed by atoms with E-state index in [1.165, 1.54) is 0 Å². The van der Waals surface area contributed by atoms with Gasteiger partial charge in [0.2, 0.25) is 0 Å². The van der Waals surface area contributed by atoms with Crippen LogP contribution >= 0.6 is 0 Å². The fourth-order valence-electron chi connectivity index (χ4n) is 5.30. The van der Waals surface area contributed by atoms with E-state index in [1.807, 2.05) is 29.1 Å². The van der Waals surface area contributed by atoms with E-state index < -0.39 is 35.3 Å². The molecule has 7 N–H and O–H groups in total. The second kappa shape index (κ2) is 21.9. The monoisotopic (exact) mass is 650 g/mol. The number of nitrogens with zero attached hydrogens (tertiary/aromatic N) is 6. The summed E-state index contributed by atoms with van der Waals surface area (Å²) in [6.45, 7) is 11.0. The number of hydrogen-bond acceptors (Lipinski definition) is 10. The van der Waals surface area contributed by atoms with Crippen LogP contribution in [0.25, 0.3) is 0 Å². The molecule has 0 amide bonds. The number of benzene rings is 1. The summed E-state index contributed by atoms with van der Waals surface area (Å²) in [5, 5.41) is 57.4. The Labute approximate surface area is 283 Å². The van der Waals surface area contributed by atoms with Crippen molar-refractivity contribution in [1.29, 1.82) is 0 Å². The fourth-order valence-corrected chi connectivity index (χ4v) is 5.30. The van der Waals surface area contributed by atoms with Crippen molar-refractivity contribution >= 4 is 66.6 Å². The molecule has 1 aliphatic heterocycles. The van der Waals surface area contributed by atoms with Gasteiger partial charge in [-0.2, -0.15) is 0 Å². The third kappa shape index (κ3) is 14.8. The molecule has 1 heterocycles. The van der Waals surface area contributed by atoms with Crippen molar-refractivity contribution < 1.29 is 29.9 Å². The Morgan fingerprint density at radius 3 is 2.17 bits per heavy atom. The highest BCUT2D eigenvalue weighted by Crippen LogP contribution is 2.17. The summed E-state index contributed by atoms with van der Waals surface area (Å²) in [6, 6.07) is 7.81. The Balaban J connectivity index is 1.97. The number of hydrogen-bond donors (Lipinski definition) is 7. The fraction of sp³-hybridized carbons (Fsp3) is 0.630. The first-order chi connectivity index (χ1) is 22.4. The molecule has 47 heavy (non-hydrogen) atoms.